The van der Waals surface area contributed by atoms with E-state index in [4.69, 9.17) is 5.73 Å². The fourth-order valence-corrected chi connectivity index (χ4v) is 2.04. The average molecular weight is 238 g/mol. The number of nitrogens with one attached hydrogen (secondary N) is 2. The molecule has 0 aliphatic heterocycles. The number of rotatable bonds is 5. The van der Waals surface area contributed by atoms with Gasteiger partial charge in [0.1, 0.15) is 11.6 Å². The Labute approximate surface area is 102 Å². The minimum absolute atomic E-state index is 0.149. The Bertz CT molecular complexity index is 427. The van der Waals surface area contributed by atoms with Crippen molar-refractivity contribution in [1.29, 1.82) is 0 Å². The average Bonchev–Trinajstić information content (AvgIpc) is 2.14. The lowest BCUT2D eigenvalue weighted by Crippen LogP contribution is -2.44. The number of hydrogen-bond acceptors (Lipinski definition) is 4. The van der Waals surface area contributed by atoms with Gasteiger partial charge in [-0.2, -0.15) is 0 Å². The first-order chi connectivity index (χ1) is 7.84. The summed E-state index contributed by atoms with van der Waals surface area (Å²) in [7, 11) is 0. The van der Waals surface area contributed by atoms with Gasteiger partial charge < -0.3 is 16.0 Å². The molecule has 0 aromatic carbocycles. The monoisotopic (exact) mass is 238 g/mol. The third-order valence-electron chi connectivity index (χ3n) is 2.60. The summed E-state index contributed by atoms with van der Waals surface area (Å²) >= 11 is 0. The fraction of sp³-hybridized carbons (Fsp3) is 0.667. The van der Waals surface area contributed by atoms with Crippen LogP contribution in [0.5, 0.6) is 0 Å². The van der Waals surface area contributed by atoms with Crippen LogP contribution >= 0.6 is 0 Å². The van der Waals surface area contributed by atoms with E-state index in [1.54, 1.807) is 6.92 Å². The number of aryl methyl sites for hydroxylation is 1. The summed E-state index contributed by atoms with van der Waals surface area (Å²) in [4.78, 5) is 18.2. The molecule has 1 rings (SSSR count). The molecule has 1 aromatic rings. The normalized spacial score (nSPS) is 14.7. The number of nitrogens with zero attached hydrogens (tertiary/aromatic N) is 1. The molecule has 0 bridgehead atoms. The predicted molar refractivity (Wildman–Crippen MR) is 70.1 cm³/mol. The molecule has 0 fully saturated rings. The van der Waals surface area contributed by atoms with Gasteiger partial charge in [-0.3, -0.25) is 4.79 Å². The van der Waals surface area contributed by atoms with Crippen LogP contribution in [0.4, 0.5) is 5.82 Å². The maximum Gasteiger partial charge on any atom is 0.252 e. The Balaban J connectivity index is 2.90. The van der Waals surface area contributed by atoms with Crippen molar-refractivity contribution >= 4 is 5.82 Å². The number of aromatic amines is 1. The Morgan fingerprint density at radius 3 is 2.71 bits per heavy atom. The number of aromatic nitrogens is 2. The van der Waals surface area contributed by atoms with Crippen LogP contribution in [0.25, 0.3) is 0 Å². The van der Waals surface area contributed by atoms with E-state index < -0.39 is 0 Å². The standard InChI is InChI=1S/C12H22N4O/c1-8(2)6-12(4,7-13)16-10-5-11(17)15-9(3)14-10/h5,8H,6-7,13H2,1-4H3,(H2,14,15,16,17). The summed E-state index contributed by atoms with van der Waals surface area (Å²) in [5.74, 6) is 1.71. The molecule has 96 valence electrons. The van der Waals surface area contributed by atoms with Gasteiger partial charge in [0, 0.05) is 18.2 Å². The summed E-state index contributed by atoms with van der Waals surface area (Å²) in [6, 6.07) is 1.46. The van der Waals surface area contributed by atoms with Crippen molar-refractivity contribution in [3.63, 3.8) is 0 Å². The SMILES string of the molecule is Cc1nc(NC(C)(CN)CC(C)C)cc(=O)[nH]1. The molecule has 0 saturated carbocycles. The van der Waals surface area contributed by atoms with Gasteiger partial charge in [0.2, 0.25) is 0 Å². The summed E-state index contributed by atoms with van der Waals surface area (Å²) < 4.78 is 0. The van der Waals surface area contributed by atoms with Gasteiger partial charge in [-0.15, -0.1) is 0 Å². The first-order valence-corrected chi connectivity index (χ1v) is 5.91. The van der Waals surface area contributed by atoms with Crippen LogP contribution in [0.15, 0.2) is 10.9 Å². The molecule has 1 atom stereocenters. The second kappa shape index (κ2) is 5.31. The van der Waals surface area contributed by atoms with Crippen LogP contribution in [0.2, 0.25) is 0 Å². The summed E-state index contributed by atoms with van der Waals surface area (Å²) in [6.45, 7) is 8.59. The van der Waals surface area contributed by atoms with E-state index in [0.717, 1.165) is 6.42 Å². The van der Waals surface area contributed by atoms with Crippen molar-refractivity contribution in [2.75, 3.05) is 11.9 Å². The van der Waals surface area contributed by atoms with Crippen LogP contribution in [-0.2, 0) is 0 Å². The zero-order valence-corrected chi connectivity index (χ0v) is 11.0. The Hall–Kier alpha value is -1.36. The molecule has 1 unspecified atom stereocenters. The molecule has 4 N–H and O–H groups in total. The van der Waals surface area contributed by atoms with Gasteiger partial charge in [-0.1, -0.05) is 13.8 Å². The lowest BCUT2D eigenvalue weighted by atomic mass is 9.91. The van der Waals surface area contributed by atoms with Gasteiger partial charge in [0.25, 0.3) is 5.56 Å². The van der Waals surface area contributed by atoms with E-state index in [0.29, 0.717) is 24.1 Å². The minimum Gasteiger partial charge on any atom is -0.363 e. The molecular formula is C12H22N4O. The highest BCUT2D eigenvalue weighted by molar-refractivity contribution is 5.36. The molecule has 5 heteroatoms. The quantitative estimate of drug-likeness (QED) is 0.721. The first kappa shape index (κ1) is 13.7. The van der Waals surface area contributed by atoms with E-state index >= 15 is 0 Å². The zero-order chi connectivity index (χ0) is 13.1. The van der Waals surface area contributed by atoms with Crippen molar-refractivity contribution in [3.05, 3.63) is 22.2 Å². The van der Waals surface area contributed by atoms with Crippen LogP contribution in [0.3, 0.4) is 0 Å². The van der Waals surface area contributed by atoms with E-state index in [1.165, 1.54) is 6.07 Å². The molecule has 0 spiro atoms. The molecule has 0 aliphatic carbocycles. The summed E-state index contributed by atoms with van der Waals surface area (Å²) in [6.07, 6.45) is 0.928. The maximum atomic E-state index is 11.3. The van der Waals surface area contributed by atoms with E-state index in [-0.39, 0.29) is 11.1 Å². The maximum absolute atomic E-state index is 11.3. The van der Waals surface area contributed by atoms with E-state index in [9.17, 15) is 4.79 Å². The lowest BCUT2D eigenvalue weighted by Gasteiger charge is -2.31. The van der Waals surface area contributed by atoms with Crippen LogP contribution < -0.4 is 16.6 Å². The molecule has 0 radical (unpaired) electrons. The fourth-order valence-electron chi connectivity index (χ4n) is 2.04. The van der Waals surface area contributed by atoms with E-state index in [2.05, 4.69) is 29.1 Å². The predicted octanol–water partition coefficient (Wildman–Crippen LogP) is 1.25. The highest BCUT2D eigenvalue weighted by Gasteiger charge is 2.24. The van der Waals surface area contributed by atoms with Gasteiger partial charge in [-0.05, 0) is 26.2 Å². The first-order valence-electron chi connectivity index (χ1n) is 5.91. The molecule has 1 aromatic heterocycles. The number of hydrogen-bond donors (Lipinski definition) is 3. The second-order valence-electron chi connectivity index (χ2n) is 5.20. The van der Waals surface area contributed by atoms with Crippen LogP contribution in [0, 0.1) is 12.8 Å². The van der Waals surface area contributed by atoms with Crippen molar-refractivity contribution in [2.24, 2.45) is 11.7 Å². The van der Waals surface area contributed by atoms with Crippen LogP contribution in [-0.4, -0.2) is 22.1 Å². The summed E-state index contributed by atoms with van der Waals surface area (Å²) in [5, 5.41) is 3.26. The Kier molecular flexibility index (Phi) is 4.28. The minimum atomic E-state index is -0.235. The zero-order valence-electron chi connectivity index (χ0n) is 11.0. The Morgan fingerprint density at radius 1 is 1.59 bits per heavy atom. The van der Waals surface area contributed by atoms with Crippen LogP contribution in [0.1, 0.15) is 33.0 Å². The van der Waals surface area contributed by atoms with Gasteiger partial charge in [0.15, 0.2) is 0 Å². The van der Waals surface area contributed by atoms with Crippen molar-refractivity contribution in [3.8, 4) is 0 Å². The molecular weight excluding hydrogens is 216 g/mol. The smallest absolute Gasteiger partial charge is 0.252 e. The van der Waals surface area contributed by atoms with Crippen molar-refractivity contribution in [1.82, 2.24) is 9.97 Å². The van der Waals surface area contributed by atoms with Gasteiger partial charge >= 0.3 is 0 Å². The number of H-pyrrole nitrogens is 1. The number of nitrogens with two attached hydrogens (primary N) is 1. The number of anilines is 1. The molecule has 0 amide bonds. The third-order valence-corrected chi connectivity index (χ3v) is 2.60. The lowest BCUT2D eigenvalue weighted by molar-refractivity contribution is 0.406. The second-order valence-corrected chi connectivity index (χ2v) is 5.20. The molecule has 17 heavy (non-hydrogen) atoms. The Morgan fingerprint density at radius 2 is 2.24 bits per heavy atom. The highest BCUT2D eigenvalue weighted by Crippen LogP contribution is 2.19. The third kappa shape index (κ3) is 4.19. The molecule has 1 heterocycles. The topological polar surface area (TPSA) is 83.8 Å². The largest absolute Gasteiger partial charge is 0.363 e. The molecule has 0 aliphatic rings. The van der Waals surface area contributed by atoms with Crippen molar-refractivity contribution < 1.29 is 0 Å². The van der Waals surface area contributed by atoms with Crippen molar-refractivity contribution in [2.45, 2.75) is 39.7 Å². The molecule has 5 nitrogen and oxygen atoms in total. The van der Waals surface area contributed by atoms with Gasteiger partial charge in [-0.25, -0.2) is 4.98 Å². The molecule has 0 saturated heterocycles. The summed E-state index contributed by atoms with van der Waals surface area (Å²) in [5.41, 5.74) is 5.42. The van der Waals surface area contributed by atoms with Gasteiger partial charge in [0.05, 0.1) is 0 Å². The van der Waals surface area contributed by atoms with E-state index in [1.807, 2.05) is 6.92 Å². The highest BCUT2D eigenvalue weighted by atomic mass is 16.1.